The lowest BCUT2D eigenvalue weighted by molar-refractivity contribution is 0.103. The van der Waals surface area contributed by atoms with E-state index in [9.17, 15) is 14.0 Å². The fourth-order valence-corrected chi connectivity index (χ4v) is 4.99. The number of aromatic amines is 1. The normalized spacial score (nSPS) is 11.1. The lowest BCUT2D eigenvalue weighted by Crippen LogP contribution is -2.15. The Bertz CT molecular complexity index is 1680. The number of fused-ring (bicyclic) bond motifs is 1. The van der Waals surface area contributed by atoms with E-state index in [1.807, 2.05) is 38.1 Å². The van der Waals surface area contributed by atoms with Gasteiger partial charge in [-0.15, -0.1) is 11.3 Å². The van der Waals surface area contributed by atoms with Gasteiger partial charge in [0.05, 0.1) is 16.3 Å². The zero-order valence-electron chi connectivity index (χ0n) is 20.1. The SMILES string of the molecule is Cc1ccc2cc(C(=O)Nc3c(F)ccc(-c4cc(Nc5cc(C)n(C)n5)c(=O)[nH]n4)c3C)sc2c1. The van der Waals surface area contributed by atoms with E-state index >= 15 is 0 Å². The highest BCUT2D eigenvalue weighted by molar-refractivity contribution is 7.20. The van der Waals surface area contributed by atoms with E-state index in [-0.39, 0.29) is 11.4 Å². The van der Waals surface area contributed by atoms with Gasteiger partial charge in [0.2, 0.25) is 0 Å². The Labute approximate surface area is 209 Å². The monoisotopic (exact) mass is 502 g/mol. The third-order valence-electron chi connectivity index (χ3n) is 6.01. The minimum atomic E-state index is -0.562. The molecule has 0 saturated carbocycles. The molecule has 5 rings (SSSR count). The van der Waals surface area contributed by atoms with Gasteiger partial charge in [0.1, 0.15) is 11.5 Å². The van der Waals surface area contributed by atoms with E-state index in [1.165, 1.54) is 17.4 Å². The van der Waals surface area contributed by atoms with Crippen LogP contribution in [0.2, 0.25) is 0 Å². The summed E-state index contributed by atoms with van der Waals surface area (Å²) in [5.74, 6) is -0.441. The van der Waals surface area contributed by atoms with Crippen molar-refractivity contribution in [1.82, 2.24) is 20.0 Å². The van der Waals surface area contributed by atoms with Crippen LogP contribution < -0.4 is 16.2 Å². The predicted molar refractivity (Wildman–Crippen MR) is 141 cm³/mol. The fourth-order valence-electron chi connectivity index (χ4n) is 3.93. The van der Waals surface area contributed by atoms with Crippen molar-refractivity contribution in [3.8, 4) is 11.3 Å². The minimum Gasteiger partial charge on any atom is -0.334 e. The highest BCUT2D eigenvalue weighted by Crippen LogP contribution is 2.32. The third-order valence-corrected chi connectivity index (χ3v) is 7.10. The average molecular weight is 503 g/mol. The molecule has 0 unspecified atom stereocenters. The van der Waals surface area contributed by atoms with Gasteiger partial charge in [-0.2, -0.15) is 10.2 Å². The Morgan fingerprint density at radius 1 is 1.08 bits per heavy atom. The standard InChI is InChI=1S/C26H23FN6O2S/c1-13-5-6-16-11-22(36-21(16)9-13)26(35)29-24-15(3)17(7-8-18(24)27)19-12-20(25(34)31-30-19)28-23-10-14(2)33(4)32-23/h5-12H,1-4H3,(H,29,35)(H,31,34)(H,28,30,32). The van der Waals surface area contributed by atoms with Gasteiger partial charge in [-0.25, -0.2) is 9.49 Å². The summed E-state index contributed by atoms with van der Waals surface area (Å²) in [5.41, 5.74) is 3.38. The highest BCUT2D eigenvalue weighted by atomic mass is 32.1. The van der Waals surface area contributed by atoms with Crippen molar-refractivity contribution in [2.75, 3.05) is 10.6 Å². The molecule has 0 radical (unpaired) electrons. The Morgan fingerprint density at radius 3 is 2.64 bits per heavy atom. The average Bonchev–Trinajstić information content (AvgIpc) is 3.40. The van der Waals surface area contributed by atoms with Gasteiger partial charge < -0.3 is 10.6 Å². The number of rotatable bonds is 5. The Kier molecular flexibility index (Phi) is 5.89. The van der Waals surface area contributed by atoms with E-state index < -0.39 is 17.3 Å². The first-order valence-electron chi connectivity index (χ1n) is 11.2. The number of carbonyl (C=O) groups is 1. The molecule has 36 heavy (non-hydrogen) atoms. The number of nitrogens with one attached hydrogen (secondary N) is 3. The van der Waals surface area contributed by atoms with Crippen molar-refractivity contribution in [3.63, 3.8) is 0 Å². The van der Waals surface area contributed by atoms with Crippen molar-refractivity contribution in [2.45, 2.75) is 20.8 Å². The highest BCUT2D eigenvalue weighted by Gasteiger charge is 2.18. The minimum absolute atomic E-state index is 0.0639. The number of nitrogens with zero attached hydrogens (tertiary/aromatic N) is 3. The van der Waals surface area contributed by atoms with Crippen molar-refractivity contribution in [3.05, 3.63) is 86.4 Å². The van der Waals surface area contributed by atoms with Crippen molar-refractivity contribution >= 4 is 44.5 Å². The molecule has 2 aromatic carbocycles. The molecule has 0 aliphatic heterocycles. The molecular weight excluding hydrogens is 479 g/mol. The van der Waals surface area contributed by atoms with E-state index in [2.05, 4.69) is 25.9 Å². The molecule has 0 atom stereocenters. The van der Waals surface area contributed by atoms with Crippen LogP contribution in [-0.4, -0.2) is 25.9 Å². The predicted octanol–water partition coefficient (Wildman–Crippen LogP) is 5.45. The maximum absolute atomic E-state index is 14.8. The molecule has 10 heteroatoms. The zero-order valence-corrected chi connectivity index (χ0v) is 20.9. The number of aryl methyl sites for hydroxylation is 3. The molecule has 1 amide bonds. The van der Waals surface area contributed by atoms with E-state index in [4.69, 9.17) is 0 Å². The van der Waals surface area contributed by atoms with Gasteiger partial charge in [-0.3, -0.25) is 14.3 Å². The number of carbonyl (C=O) groups excluding carboxylic acids is 1. The maximum atomic E-state index is 14.8. The summed E-state index contributed by atoms with van der Waals surface area (Å²) >= 11 is 1.36. The van der Waals surface area contributed by atoms with E-state index in [0.717, 1.165) is 21.3 Å². The topological polar surface area (TPSA) is 105 Å². The van der Waals surface area contributed by atoms with Gasteiger partial charge >= 0.3 is 0 Å². The van der Waals surface area contributed by atoms with Crippen LogP contribution in [0.1, 0.15) is 26.5 Å². The lowest BCUT2D eigenvalue weighted by Gasteiger charge is -2.13. The van der Waals surface area contributed by atoms with Crippen LogP contribution in [0.15, 0.2) is 53.3 Å². The number of hydrogen-bond acceptors (Lipinski definition) is 6. The van der Waals surface area contributed by atoms with Crippen LogP contribution in [0.25, 0.3) is 21.3 Å². The zero-order chi connectivity index (χ0) is 25.6. The Hall–Kier alpha value is -4.31. The number of benzene rings is 2. The van der Waals surface area contributed by atoms with Gasteiger partial charge in [-0.1, -0.05) is 12.1 Å². The second-order valence-corrected chi connectivity index (χ2v) is 9.70. The molecule has 8 nitrogen and oxygen atoms in total. The van der Waals surface area contributed by atoms with Crippen LogP contribution >= 0.6 is 11.3 Å². The molecule has 0 aliphatic rings. The Balaban J connectivity index is 1.47. The molecule has 3 aromatic heterocycles. The molecule has 0 saturated heterocycles. The number of hydrogen-bond donors (Lipinski definition) is 3. The fraction of sp³-hybridized carbons (Fsp3) is 0.154. The largest absolute Gasteiger partial charge is 0.334 e. The molecule has 182 valence electrons. The molecule has 0 spiro atoms. The number of anilines is 3. The van der Waals surface area contributed by atoms with Crippen LogP contribution in [0.5, 0.6) is 0 Å². The molecular formula is C26H23FN6O2S. The van der Waals surface area contributed by atoms with E-state index in [0.29, 0.717) is 27.5 Å². The van der Waals surface area contributed by atoms with Crippen LogP contribution in [-0.2, 0) is 7.05 Å². The van der Waals surface area contributed by atoms with Crippen molar-refractivity contribution in [1.29, 1.82) is 0 Å². The summed E-state index contributed by atoms with van der Waals surface area (Å²) in [6.07, 6.45) is 0. The summed E-state index contributed by atoms with van der Waals surface area (Å²) in [6, 6.07) is 14.0. The number of aromatic nitrogens is 4. The summed E-state index contributed by atoms with van der Waals surface area (Å²) in [5, 5.41) is 17.6. The first-order valence-corrected chi connectivity index (χ1v) is 12.0. The molecule has 0 aliphatic carbocycles. The summed E-state index contributed by atoms with van der Waals surface area (Å²) in [7, 11) is 1.81. The molecule has 5 aromatic rings. The smallest absolute Gasteiger partial charge is 0.287 e. The van der Waals surface area contributed by atoms with Gasteiger partial charge in [0.15, 0.2) is 5.82 Å². The quantitative estimate of drug-likeness (QED) is 0.297. The number of amides is 1. The van der Waals surface area contributed by atoms with Crippen LogP contribution in [0.3, 0.4) is 0 Å². The molecule has 0 fully saturated rings. The van der Waals surface area contributed by atoms with Gasteiger partial charge in [-0.05, 0) is 67.6 Å². The van der Waals surface area contributed by atoms with E-state index in [1.54, 1.807) is 36.9 Å². The van der Waals surface area contributed by atoms with Crippen molar-refractivity contribution < 1.29 is 9.18 Å². The number of halogens is 1. The first kappa shape index (κ1) is 23.4. The first-order chi connectivity index (χ1) is 17.2. The summed E-state index contributed by atoms with van der Waals surface area (Å²) in [4.78, 5) is 25.9. The van der Waals surface area contributed by atoms with Gasteiger partial charge in [0.25, 0.3) is 11.5 Å². The summed E-state index contributed by atoms with van der Waals surface area (Å²) in [6.45, 7) is 5.59. The van der Waals surface area contributed by atoms with Crippen LogP contribution in [0, 0.1) is 26.6 Å². The third kappa shape index (κ3) is 4.38. The van der Waals surface area contributed by atoms with Crippen molar-refractivity contribution in [2.24, 2.45) is 7.05 Å². The van der Waals surface area contributed by atoms with Gasteiger partial charge in [0, 0.05) is 29.1 Å². The second-order valence-electron chi connectivity index (χ2n) is 8.62. The lowest BCUT2D eigenvalue weighted by atomic mass is 10.0. The summed E-state index contributed by atoms with van der Waals surface area (Å²) < 4.78 is 17.5. The number of H-pyrrole nitrogens is 1. The molecule has 3 N–H and O–H groups in total. The molecule has 3 heterocycles. The second kappa shape index (κ2) is 9.04. The van der Waals surface area contributed by atoms with Crippen LogP contribution in [0.4, 0.5) is 21.6 Å². The number of thiophene rings is 1. The Morgan fingerprint density at radius 2 is 1.89 bits per heavy atom. The maximum Gasteiger partial charge on any atom is 0.287 e. The molecule has 0 bridgehead atoms.